The first-order chi connectivity index (χ1) is 9.11. The maximum Gasteiger partial charge on any atom is 0.275 e. The highest BCUT2D eigenvalue weighted by Gasteiger charge is 2.14. The van der Waals surface area contributed by atoms with Crippen LogP contribution in [0.15, 0.2) is 34.9 Å². The van der Waals surface area contributed by atoms with E-state index >= 15 is 0 Å². The van der Waals surface area contributed by atoms with E-state index in [0.29, 0.717) is 21.5 Å². The van der Waals surface area contributed by atoms with Gasteiger partial charge in [-0.05, 0) is 24.9 Å². The Kier molecular flexibility index (Phi) is 4.46. The number of nitrogens with one attached hydrogen (secondary N) is 1. The van der Waals surface area contributed by atoms with Gasteiger partial charge in [-0.2, -0.15) is 0 Å². The van der Waals surface area contributed by atoms with E-state index < -0.39 is 5.91 Å². The number of nitrogens with zero attached hydrogens (tertiary/aromatic N) is 2. The zero-order chi connectivity index (χ0) is 13.8. The Bertz CT molecular complexity index is 603. The van der Waals surface area contributed by atoms with Crippen molar-refractivity contribution in [3.63, 3.8) is 0 Å². The van der Waals surface area contributed by atoms with Crippen molar-refractivity contribution < 1.29 is 14.7 Å². The molecule has 0 saturated heterocycles. The van der Waals surface area contributed by atoms with Gasteiger partial charge >= 0.3 is 0 Å². The summed E-state index contributed by atoms with van der Waals surface area (Å²) in [4.78, 5) is 11.5. The van der Waals surface area contributed by atoms with E-state index in [4.69, 9.17) is 9.94 Å². The summed E-state index contributed by atoms with van der Waals surface area (Å²) in [5.41, 5.74) is 2.54. The Morgan fingerprint density at radius 1 is 1.53 bits per heavy atom. The fourth-order valence-electron chi connectivity index (χ4n) is 1.50. The minimum atomic E-state index is -0.598. The highest BCUT2D eigenvalue weighted by molar-refractivity contribution is 9.10. The lowest BCUT2D eigenvalue weighted by atomic mass is 10.1. The van der Waals surface area contributed by atoms with Crippen LogP contribution in [0.3, 0.4) is 0 Å². The summed E-state index contributed by atoms with van der Waals surface area (Å²) >= 11 is 7.33. The van der Waals surface area contributed by atoms with Crippen molar-refractivity contribution in [1.29, 1.82) is 0 Å². The minimum absolute atomic E-state index is 0.134. The number of benzene rings is 1. The Hall–Kier alpha value is -1.51. The summed E-state index contributed by atoms with van der Waals surface area (Å²) in [7, 11) is 0. The SMILES string of the molecule is O=C(NO)c1cccc(Br)c1COc1ccn(S)n1. The van der Waals surface area contributed by atoms with Crippen molar-refractivity contribution in [3.05, 3.63) is 46.1 Å². The molecule has 2 rings (SSSR count). The zero-order valence-corrected chi connectivity index (χ0v) is 12.1. The summed E-state index contributed by atoms with van der Waals surface area (Å²) in [6.07, 6.45) is 1.62. The predicted octanol–water partition coefficient (Wildman–Crippen LogP) is 2.04. The topological polar surface area (TPSA) is 76.4 Å². The number of carbonyl (C=O) groups excluding carboxylic acids is 1. The highest BCUT2D eigenvalue weighted by Crippen LogP contribution is 2.22. The molecule has 0 bridgehead atoms. The van der Waals surface area contributed by atoms with Crippen molar-refractivity contribution in [2.24, 2.45) is 0 Å². The second kappa shape index (κ2) is 6.09. The first-order valence-electron chi connectivity index (χ1n) is 5.21. The van der Waals surface area contributed by atoms with Crippen molar-refractivity contribution in [3.8, 4) is 5.88 Å². The molecule has 1 heterocycles. The van der Waals surface area contributed by atoms with Crippen molar-refractivity contribution >= 4 is 34.7 Å². The molecule has 0 atom stereocenters. The first-order valence-corrected chi connectivity index (χ1v) is 6.40. The van der Waals surface area contributed by atoms with Gasteiger partial charge < -0.3 is 4.74 Å². The van der Waals surface area contributed by atoms with E-state index in [1.165, 1.54) is 4.09 Å². The molecule has 0 aliphatic heterocycles. The number of hydroxylamine groups is 1. The zero-order valence-electron chi connectivity index (χ0n) is 9.58. The van der Waals surface area contributed by atoms with Crippen LogP contribution in [0.1, 0.15) is 15.9 Å². The molecular weight excluding hydrogens is 334 g/mol. The number of hydrogen-bond donors (Lipinski definition) is 3. The van der Waals surface area contributed by atoms with Crippen LogP contribution in [0.25, 0.3) is 0 Å². The van der Waals surface area contributed by atoms with Gasteiger partial charge in [-0.3, -0.25) is 10.0 Å². The number of ether oxygens (including phenoxy) is 1. The molecule has 1 aromatic heterocycles. The van der Waals surface area contributed by atoms with Gasteiger partial charge in [0.05, 0.1) is 0 Å². The van der Waals surface area contributed by atoms with Crippen LogP contribution in [0.5, 0.6) is 5.88 Å². The molecular formula is C11H10BrN3O3S. The van der Waals surface area contributed by atoms with Crippen LogP contribution in [-0.4, -0.2) is 20.3 Å². The molecule has 0 radical (unpaired) electrons. The molecule has 0 spiro atoms. The monoisotopic (exact) mass is 343 g/mol. The Morgan fingerprint density at radius 3 is 2.95 bits per heavy atom. The number of aromatic nitrogens is 2. The average molecular weight is 344 g/mol. The largest absolute Gasteiger partial charge is 0.472 e. The summed E-state index contributed by atoms with van der Waals surface area (Å²) in [5, 5.41) is 12.7. The Labute approximate surface area is 123 Å². The summed E-state index contributed by atoms with van der Waals surface area (Å²) in [6.45, 7) is 0.134. The highest BCUT2D eigenvalue weighted by atomic mass is 79.9. The van der Waals surface area contributed by atoms with Crippen LogP contribution in [0, 0.1) is 0 Å². The molecule has 100 valence electrons. The van der Waals surface area contributed by atoms with Gasteiger partial charge in [-0.15, -0.1) is 5.10 Å². The molecule has 2 aromatic rings. The van der Waals surface area contributed by atoms with Crippen LogP contribution in [0.2, 0.25) is 0 Å². The number of amides is 1. The van der Waals surface area contributed by atoms with Gasteiger partial charge in [0.15, 0.2) is 0 Å². The van der Waals surface area contributed by atoms with Gasteiger partial charge in [-0.25, -0.2) is 9.57 Å². The number of hydrogen-bond acceptors (Lipinski definition) is 5. The van der Waals surface area contributed by atoms with Gasteiger partial charge in [0.2, 0.25) is 5.88 Å². The maximum absolute atomic E-state index is 11.5. The van der Waals surface area contributed by atoms with E-state index in [-0.39, 0.29) is 6.61 Å². The lowest BCUT2D eigenvalue weighted by molar-refractivity contribution is 0.0703. The summed E-state index contributed by atoms with van der Waals surface area (Å²) in [6, 6.07) is 6.71. The molecule has 0 aliphatic rings. The molecule has 1 aromatic carbocycles. The normalized spacial score (nSPS) is 10.3. The van der Waals surface area contributed by atoms with Gasteiger partial charge in [0.25, 0.3) is 5.91 Å². The summed E-state index contributed by atoms with van der Waals surface area (Å²) in [5.74, 6) is -0.208. The second-order valence-electron chi connectivity index (χ2n) is 3.57. The van der Waals surface area contributed by atoms with E-state index in [2.05, 4.69) is 33.8 Å². The Balaban J connectivity index is 2.21. The molecule has 0 saturated carbocycles. The van der Waals surface area contributed by atoms with E-state index in [9.17, 15) is 4.79 Å². The number of thiol groups is 1. The molecule has 6 nitrogen and oxygen atoms in total. The lowest BCUT2D eigenvalue weighted by Crippen LogP contribution is -2.21. The second-order valence-corrected chi connectivity index (χ2v) is 4.83. The van der Waals surface area contributed by atoms with Crippen molar-refractivity contribution in [2.75, 3.05) is 0 Å². The standard InChI is InChI=1S/C11H10BrN3O3S/c12-9-3-1-2-7(11(16)14-17)8(9)6-18-10-4-5-15(19)13-10/h1-5,17,19H,6H2,(H,14,16). The molecule has 2 N–H and O–H groups in total. The van der Waals surface area contributed by atoms with Crippen LogP contribution in [0.4, 0.5) is 0 Å². The van der Waals surface area contributed by atoms with Crippen LogP contribution in [-0.2, 0) is 6.61 Å². The molecule has 0 aliphatic carbocycles. The fraction of sp³-hybridized carbons (Fsp3) is 0.0909. The molecule has 1 amide bonds. The quantitative estimate of drug-likeness (QED) is 0.451. The summed E-state index contributed by atoms with van der Waals surface area (Å²) < 4.78 is 7.48. The van der Waals surface area contributed by atoms with Gasteiger partial charge in [0.1, 0.15) is 6.61 Å². The lowest BCUT2D eigenvalue weighted by Gasteiger charge is -2.10. The predicted molar refractivity (Wildman–Crippen MR) is 74.3 cm³/mol. The van der Waals surface area contributed by atoms with Crippen molar-refractivity contribution in [1.82, 2.24) is 14.7 Å². The van der Waals surface area contributed by atoms with Crippen LogP contribution >= 0.6 is 28.7 Å². The fourth-order valence-corrected chi connectivity index (χ4v) is 2.13. The number of carbonyl (C=O) groups is 1. The molecule has 19 heavy (non-hydrogen) atoms. The molecule has 0 fully saturated rings. The third-order valence-corrected chi connectivity index (χ3v) is 3.35. The first kappa shape index (κ1) is 13.9. The third kappa shape index (κ3) is 3.28. The van der Waals surface area contributed by atoms with E-state index in [1.54, 1.807) is 35.9 Å². The maximum atomic E-state index is 11.5. The molecule has 8 heteroatoms. The van der Waals surface area contributed by atoms with Crippen LogP contribution < -0.4 is 10.2 Å². The minimum Gasteiger partial charge on any atom is -0.472 e. The smallest absolute Gasteiger partial charge is 0.275 e. The van der Waals surface area contributed by atoms with E-state index in [0.717, 1.165) is 0 Å². The van der Waals surface area contributed by atoms with E-state index in [1.807, 2.05) is 0 Å². The van der Waals surface area contributed by atoms with Crippen molar-refractivity contribution in [2.45, 2.75) is 6.61 Å². The number of rotatable bonds is 4. The van der Waals surface area contributed by atoms with Gasteiger partial charge in [-0.1, -0.05) is 22.0 Å². The molecule has 0 unspecified atom stereocenters. The average Bonchev–Trinajstić information content (AvgIpc) is 2.82. The van der Waals surface area contributed by atoms with Gasteiger partial charge in [0, 0.05) is 27.9 Å². The third-order valence-electron chi connectivity index (χ3n) is 2.38. The Morgan fingerprint density at radius 2 is 2.32 bits per heavy atom. The number of halogens is 1.